The molecular weight excluding hydrogens is 466 g/mol. The normalized spacial score (nSPS) is 14.9. The minimum atomic E-state index is -0.458. The molecule has 0 radical (unpaired) electrons. The first-order valence-electron chi connectivity index (χ1n) is 13.4. The van der Waals surface area contributed by atoms with Crippen LogP contribution in [0.15, 0.2) is 47.0 Å². The molecule has 0 saturated carbocycles. The zero-order chi connectivity index (χ0) is 26.4. The summed E-state index contributed by atoms with van der Waals surface area (Å²) in [7, 11) is 4.10. The number of rotatable bonds is 9. The van der Waals surface area contributed by atoms with Gasteiger partial charge in [0, 0.05) is 31.4 Å². The van der Waals surface area contributed by atoms with E-state index in [1.165, 1.54) is 5.56 Å². The summed E-state index contributed by atoms with van der Waals surface area (Å²) in [5.74, 6) is 1.42. The van der Waals surface area contributed by atoms with Crippen LogP contribution in [0.2, 0.25) is 0 Å². The van der Waals surface area contributed by atoms with Crippen molar-refractivity contribution in [3.05, 3.63) is 59.3 Å². The summed E-state index contributed by atoms with van der Waals surface area (Å²) >= 11 is 0. The van der Waals surface area contributed by atoms with Gasteiger partial charge in [0.25, 0.3) is 0 Å². The summed E-state index contributed by atoms with van der Waals surface area (Å²) in [5.41, 5.74) is 3.66. The topological polar surface area (TPSA) is 68.0 Å². The number of benzene rings is 2. The average molecular weight is 508 g/mol. The highest BCUT2D eigenvalue weighted by molar-refractivity contribution is 5.84. The van der Waals surface area contributed by atoms with Crippen LogP contribution >= 0.6 is 0 Å². The lowest BCUT2D eigenvalue weighted by molar-refractivity contribution is 0.0181. The molecule has 0 bridgehead atoms. The number of fused-ring (bicyclic) bond motifs is 1. The Balaban J connectivity index is 1.37. The maximum atomic E-state index is 12.4. The number of aromatic nitrogens is 1. The fourth-order valence-corrected chi connectivity index (χ4v) is 4.87. The summed E-state index contributed by atoms with van der Waals surface area (Å²) < 4.78 is 17.6. The molecule has 4 rings (SSSR count). The average Bonchev–Trinajstić information content (AvgIpc) is 3.27. The second kappa shape index (κ2) is 12.0. The van der Waals surface area contributed by atoms with Crippen LogP contribution in [0.5, 0.6) is 5.75 Å². The van der Waals surface area contributed by atoms with Gasteiger partial charge in [0.15, 0.2) is 5.58 Å². The minimum Gasteiger partial charge on any atom is -0.493 e. The van der Waals surface area contributed by atoms with Crippen LogP contribution in [0.4, 0.5) is 4.79 Å². The SMILES string of the molecule is CN(C)Cc1c(OCCc2ccccc2)ccc2c(CCC3CCN(C(=O)OC(C)(C)C)CC3)noc12. The van der Waals surface area contributed by atoms with Crippen molar-refractivity contribution in [2.24, 2.45) is 5.92 Å². The molecule has 7 heteroatoms. The van der Waals surface area contributed by atoms with Crippen molar-refractivity contribution in [3.63, 3.8) is 0 Å². The van der Waals surface area contributed by atoms with Crippen molar-refractivity contribution in [3.8, 4) is 5.75 Å². The number of likely N-dealkylation sites (tertiary alicyclic amines) is 1. The van der Waals surface area contributed by atoms with Crippen LogP contribution < -0.4 is 4.74 Å². The van der Waals surface area contributed by atoms with E-state index in [1.54, 1.807) is 0 Å². The quantitative estimate of drug-likeness (QED) is 0.349. The predicted octanol–water partition coefficient (Wildman–Crippen LogP) is 6.09. The van der Waals surface area contributed by atoms with E-state index < -0.39 is 5.60 Å². The highest BCUT2D eigenvalue weighted by Crippen LogP contribution is 2.33. The molecule has 0 atom stereocenters. The highest BCUT2D eigenvalue weighted by Gasteiger charge is 2.27. The minimum absolute atomic E-state index is 0.205. The largest absolute Gasteiger partial charge is 0.493 e. The zero-order valence-electron chi connectivity index (χ0n) is 23.0. The number of hydrogen-bond donors (Lipinski definition) is 0. The van der Waals surface area contributed by atoms with Gasteiger partial charge in [0.2, 0.25) is 0 Å². The van der Waals surface area contributed by atoms with Crippen LogP contribution in [-0.4, -0.2) is 60.4 Å². The molecule has 1 aromatic heterocycles. The number of carbonyl (C=O) groups excluding carboxylic acids is 1. The van der Waals surface area contributed by atoms with Gasteiger partial charge in [-0.3, -0.25) is 0 Å². The molecule has 1 fully saturated rings. The van der Waals surface area contributed by atoms with E-state index in [2.05, 4.69) is 46.5 Å². The van der Waals surface area contributed by atoms with E-state index in [0.29, 0.717) is 12.5 Å². The molecule has 37 heavy (non-hydrogen) atoms. The standard InChI is InChI=1S/C30H41N3O4/c1-30(2,3)36-29(34)33-18-15-23(16-19-33)11-13-26-24-12-14-27(25(21-32(4)5)28(24)37-31-26)35-20-17-22-9-7-6-8-10-22/h6-10,12,14,23H,11,13,15-21H2,1-5H3. The maximum absolute atomic E-state index is 12.4. The molecule has 3 aromatic rings. The first kappa shape index (κ1) is 27.0. The van der Waals surface area contributed by atoms with E-state index in [0.717, 1.165) is 79.7 Å². The number of nitrogens with zero attached hydrogens (tertiary/aromatic N) is 3. The van der Waals surface area contributed by atoms with Gasteiger partial charge in [-0.25, -0.2) is 4.79 Å². The van der Waals surface area contributed by atoms with Crippen molar-refractivity contribution in [2.45, 2.75) is 65.0 Å². The molecule has 200 valence electrons. The lowest BCUT2D eigenvalue weighted by atomic mass is 9.91. The molecule has 0 aliphatic carbocycles. The molecule has 1 amide bonds. The second-order valence-electron chi connectivity index (χ2n) is 11.3. The number of hydrogen-bond acceptors (Lipinski definition) is 6. The number of amides is 1. The van der Waals surface area contributed by atoms with Crippen LogP contribution in [0, 0.1) is 5.92 Å². The fraction of sp³-hybridized carbons (Fsp3) is 0.533. The number of piperidine rings is 1. The monoisotopic (exact) mass is 507 g/mol. The zero-order valence-corrected chi connectivity index (χ0v) is 23.0. The van der Waals surface area contributed by atoms with Crippen molar-refractivity contribution in [2.75, 3.05) is 33.8 Å². The maximum Gasteiger partial charge on any atom is 0.410 e. The van der Waals surface area contributed by atoms with Crippen molar-refractivity contribution in [1.82, 2.24) is 15.0 Å². The Bertz CT molecular complexity index is 1160. The molecule has 2 heterocycles. The van der Waals surface area contributed by atoms with Crippen molar-refractivity contribution < 1.29 is 18.8 Å². The number of ether oxygens (including phenoxy) is 2. The van der Waals surface area contributed by atoms with Gasteiger partial charge in [-0.1, -0.05) is 35.5 Å². The summed E-state index contributed by atoms with van der Waals surface area (Å²) in [6.45, 7) is 8.54. The molecule has 1 aliphatic rings. The Hall–Kier alpha value is -3.06. The van der Waals surface area contributed by atoms with Gasteiger partial charge < -0.3 is 23.8 Å². The van der Waals surface area contributed by atoms with Gasteiger partial charge in [0.05, 0.1) is 17.9 Å². The van der Waals surface area contributed by atoms with E-state index in [4.69, 9.17) is 14.0 Å². The van der Waals surface area contributed by atoms with E-state index in [1.807, 2.05) is 45.8 Å². The molecule has 0 spiro atoms. The molecule has 0 N–H and O–H groups in total. The first-order chi connectivity index (χ1) is 17.7. The van der Waals surface area contributed by atoms with E-state index >= 15 is 0 Å². The van der Waals surface area contributed by atoms with Gasteiger partial charge >= 0.3 is 6.09 Å². The fourth-order valence-electron chi connectivity index (χ4n) is 4.87. The molecule has 7 nitrogen and oxygen atoms in total. The second-order valence-corrected chi connectivity index (χ2v) is 11.3. The lowest BCUT2D eigenvalue weighted by Crippen LogP contribution is -2.41. The Morgan fingerprint density at radius 3 is 2.49 bits per heavy atom. The predicted molar refractivity (Wildman–Crippen MR) is 146 cm³/mol. The van der Waals surface area contributed by atoms with Crippen LogP contribution in [-0.2, 0) is 24.1 Å². The van der Waals surface area contributed by atoms with Gasteiger partial charge in [-0.15, -0.1) is 0 Å². The molecular formula is C30H41N3O4. The van der Waals surface area contributed by atoms with Gasteiger partial charge in [-0.2, -0.15) is 0 Å². The molecule has 0 unspecified atom stereocenters. The van der Waals surface area contributed by atoms with Crippen molar-refractivity contribution >= 4 is 17.1 Å². The van der Waals surface area contributed by atoms with Crippen molar-refractivity contribution in [1.29, 1.82) is 0 Å². The third kappa shape index (κ3) is 7.48. The summed E-state index contributed by atoms with van der Waals surface area (Å²) in [6, 6.07) is 14.5. The summed E-state index contributed by atoms with van der Waals surface area (Å²) in [6.07, 6.45) is 4.51. The molecule has 1 saturated heterocycles. The summed E-state index contributed by atoms with van der Waals surface area (Å²) in [5, 5.41) is 5.53. The Morgan fingerprint density at radius 1 is 1.08 bits per heavy atom. The van der Waals surface area contributed by atoms with Gasteiger partial charge in [0.1, 0.15) is 11.4 Å². The Labute approximate surface area is 220 Å². The Morgan fingerprint density at radius 2 is 1.81 bits per heavy atom. The Kier molecular flexibility index (Phi) is 8.75. The third-order valence-corrected chi connectivity index (χ3v) is 6.80. The highest BCUT2D eigenvalue weighted by atomic mass is 16.6. The van der Waals surface area contributed by atoms with Crippen LogP contribution in [0.1, 0.15) is 56.9 Å². The van der Waals surface area contributed by atoms with E-state index in [9.17, 15) is 4.79 Å². The number of carbonyl (C=O) groups is 1. The lowest BCUT2D eigenvalue weighted by Gasteiger charge is -2.33. The van der Waals surface area contributed by atoms with Gasteiger partial charge in [-0.05, 0) is 84.2 Å². The van der Waals surface area contributed by atoms with Crippen LogP contribution in [0.3, 0.4) is 0 Å². The smallest absolute Gasteiger partial charge is 0.410 e. The van der Waals surface area contributed by atoms with Crippen LogP contribution in [0.25, 0.3) is 11.0 Å². The third-order valence-electron chi connectivity index (χ3n) is 6.80. The number of aryl methyl sites for hydroxylation is 1. The van der Waals surface area contributed by atoms with E-state index in [-0.39, 0.29) is 6.09 Å². The first-order valence-corrected chi connectivity index (χ1v) is 13.4. The summed E-state index contributed by atoms with van der Waals surface area (Å²) in [4.78, 5) is 16.3. The molecule has 1 aliphatic heterocycles. The molecule has 2 aromatic carbocycles.